The van der Waals surface area contributed by atoms with E-state index in [9.17, 15) is 19.2 Å². The van der Waals surface area contributed by atoms with Crippen LogP contribution in [0.25, 0.3) is 0 Å². The van der Waals surface area contributed by atoms with Gasteiger partial charge in [-0.1, -0.05) is 6.07 Å². The van der Waals surface area contributed by atoms with Gasteiger partial charge in [-0.2, -0.15) is 0 Å². The second-order valence-electron chi connectivity index (χ2n) is 8.24. The van der Waals surface area contributed by atoms with Crippen LogP contribution in [0.5, 0.6) is 0 Å². The van der Waals surface area contributed by atoms with Crippen LogP contribution in [0.3, 0.4) is 0 Å². The van der Waals surface area contributed by atoms with Gasteiger partial charge in [0, 0.05) is 56.0 Å². The van der Waals surface area contributed by atoms with Gasteiger partial charge in [-0.05, 0) is 50.9 Å². The van der Waals surface area contributed by atoms with Crippen molar-refractivity contribution in [3.63, 3.8) is 0 Å². The average molecular weight is 460 g/mol. The van der Waals surface area contributed by atoms with Gasteiger partial charge in [-0.15, -0.1) is 0 Å². The molecule has 5 N–H and O–H groups in total. The molecule has 0 saturated carbocycles. The van der Waals surface area contributed by atoms with E-state index in [0.29, 0.717) is 49.4 Å². The number of hydrogen-bond acceptors (Lipinski definition) is 7. The van der Waals surface area contributed by atoms with Crippen LogP contribution in [0.1, 0.15) is 54.4 Å². The van der Waals surface area contributed by atoms with Crippen molar-refractivity contribution >= 4 is 29.3 Å². The van der Waals surface area contributed by atoms with Crippen molar-refractivity contribution in [1.29, 1.82) is 0 Å². The molecule has 0 aromatic heterocycles. The number of nitrogens with one attached hydrogen (secondary N) is 3. The maximum atomic E-state index is 12.9. The summed E-state index contributed by atoms with van der Waals surface area (Å²) in [6.45, 7) is 3.62. The lowest BCUT2D eigenvalue weighted by molar-refractivity contribution is -0.137. The molecule has 180 valence electrons. The Labute approximate surface area is 193 Å². The highest BCUT2D eigenvalue weighted by Crippen LogP contribution is 2.32. The Kier molecular flexibility index (Phi) is 9.35. The Balaban J connectivity index is 1.42. The summed E-state index contributed by atoms with van der Waals surface area (Å²) >= 11 is 0. The summed E-state index contributed by atoms with van der Waals surface area (Å²) in [5.74, 6) is -1.19. The number of hydrogen-bond donors (Lipinski definition) is 4. The number of nitrogens with two attached hydrogens (primary N) is 1. The van der Waals surface area contributed by atoms with Crippen LogP contribution in [-0.4, -0.2) is 67.4 Å². The Morgan fingerprint density at radius 3 is 2.76 bits per heavy atom. The number of fused-ring (bicyclic) bond motifs is 1. The lowest BCUT2D eigenvalue weighted by Crippen LogP contribution is -2.52. The van der Waals surface area contributed by atoms with Crippen molar-refractivity contribution in [1.82, 2.24) is 15.5 Å². The first-order valence-corrected chi connectivity index (χ1v) is 11.6. The van der Waals surface area contributed by atoms with Gasteiger partial charge >= 0.3 is 0 Å². The van der Waals surface area contributed by atoms with E-state index in [1.807, 2.05) is 0 Å². The largest absolute Gasteiger partial charge is 0.381 e. The molecule has 0 spiro atoms. The van der Waals surface area contributed by atoms with Crippen LogP contribution < -0.4 is 21.7 Å². The molecule has 1 atom stereocenters. The molecular formula is C23H33N5O5. The van der Waals surface area contributed by atoms with Gasteiger partial charge in [-0.3, -0.25) is 24.5 Å². The van der Waals surface area contributed by atoms with E-state index >= 15 is 0 Å². The Hall–Kier alpha value is -2.82. The van der Waals surface area contributed by atoms with Gasteiger partial charge in [0.15, 0.2) is 0 Å². The first kappa shape index (κ1) is 24.8. The minimum Gasteiger partial charge on any atom is -0.381 e. The number of amides is 4. The summed E-state index contributed by atoms with van der Waals surface area (Å²) in [6, 6.07) is 4.48. The van der Waals surface area contributed by atoms with Crippen LogP contribution in [0.15, 0.2) is 18.2 Å². The van der Waals surface area contributed by atoms with Crippen molar-refractivity contribution in [2.75, 3.05) is 38.2 Å². The predicted molar refractivity (Wildman–Crippen MR) is 122 cm³/mol. The number of rotatable bonds is 13. The molecule has 0 radical (unpaired) electrons. The zero-order valence-corrected chi connectivity index (χ0v) is 18.9. The maximum absolute atomic E-state index is 12.9. The quantitative estimate of drug-likeness (QED) is 0.249. The number of anilines is 1. The number of imide groups is 1. The fraction of sp³-hybridized carbons (Fsp3) is 0.565. The molecule has 2 heterocycles. The van der Waals surface area contributed by atoms with E-state index in [-0.39, 0.29) is 30.7 Å². The fourth-order valence-corrected chi connectivity index (χ4v) is 3.99. The zero-order chi connectivity index (χ0) is 23.6. The predicted octanol–water partition coefficient (Wildman–Crippen LogP) is 0.511. The number of piperidine rings is 1. The normalized spacial score (nSPS) is 17.8. The van der Waals surface area contributed by atoms with Gasteiger partial charge in [0.2, 0.25) is 17.7 Å². The molecule has 33 heavy (non-hydrogen) atoms. The third-order valence-electron chi connectivity index (χ3n) is 5.77. The topological polar surface area (TPSA) is 143 Å². The highest BCUT2D eigenvalue weighted by Gasteiger charge is 2.39. The number of unbranched alkanes of at least 4 members (excludes halogenated alkanes) is 1. The van der Waals surface area contributed by atoms with Crippen LogP contribution in [0.2, 0.25) is 0 Å². The third kappa shape index (κ3) is 6.83. The standard InChI is InChI=1S/C23H33N5O5/c24-10-1-2-13-33-14-4-11-25-12-9-21(30)26-18-6-3-5-16-17(18)15-28(23(16)32)19-7-8-20(29)27-22(19)31/h3,5-6,19,25H,1-2,4,7-15,24H2,(H,26,30)(H,27,29,31). The summed E-state index contributed by atoms with van der Waals surface area (Å²) < 4.78 is 5.51. The summed E-state index contributed by atoms with van der Waals surface area (Å²) in [5, 5.41) is 8.41. The van der Waals surface area contributed by atoms with Crippen molar-refractivity contribution in [3.05, 3.63) is 29.3 Å². The third-order valence-corrected chi connectivity index (χ3v) is 5.77. The molecule has 4 amide bonds. The highest BCUT2D eigenvalue weighted by molar-refractivity contribution is 6.06. The molecular weight excluding hydrogens is 426 g/mol. The molecule has 0 bridgehead atoms. The van der Waals surface area contributed by atoms with Gasteiger partial charge in [0.25, 0.3) is 5.91 Å². The first-order chi connectivity index (χ1) is 16.0. The smallest absolute Gasteiger partial charge is 0.255 e. The minimum absolute atomic E-state index is 0.152. The van der Waals surface area contributed by atoms with Crippen LogP contribution >= 0.6 is 0 Å². The van der Waals surface area contributed by atoms with E-state index in [0.717, 1.165) is 32.4 Å². The summed E-state index contributed by atoms with van der Waals surface area (Å²) in [7, 11) is 0. The van der Waals surface area contributed by atoms with E-state index in [1.54, 1.807) is 18.2 Å². The molecule has 10 heteroatoms. The summed E-state index contributed by atoms with van der Waals surface area (Å²) in [4.78, 5) is 50.4. The zero-order valence-electron chi connectivity index (χ0n) is 18.9. The molecule has 1 unspecified atom stereocenters. The van der Waals surface area contributed by atoms with Crippen LogP contribution in [0, 0.1) is 0 Å². The van der Waals surface area contributed by atoms with Gasteiger partial charge in [0.1, 0.15) is 6.04 Å². The number of carbonyl (C=O) groups excluding carboxylic acids is 4. The molecule has 10 nitrogen and oxygen atoms in total. The Morgan fingerprint density at radius 1 is 1.15 bits per heavy atom. The van der Waals surface area contributed by atoms with Gasteiger partial charge in [-0.25, -0.2) is 0 Å². The van der Waals surface area contributed by atoms with Gasteiger partial charge in [0.05, 0.1) is 0 Å². The van der Waals surface area contributed by atoms with Crippen LogP contribution in [-0.2, 0) is 25.7 Å². The Bertz CT molecular complexity index is 875. The monoisotopic (exact) mass is 459 g/mol. The number of benzene rings is 1. The van der Waals surface area contributed by atoms with E-state index in [1.165, 1.54) is 4.90 Å². The SMILES string of the molecule is NCCCCOCCCNCCC(=O)Nc1cccc2c1CN(C1CCC(=O)NC1=O)C2=O. The molecule has 2 aliphatic rings. The van der Waals surface area contributed by atoms with Gasteiger partial charge < -0.3 is 26.0 Å². The Morgan fingerprint density at radius 2 is 1.97 bits per heavy atom. The van der Waals surface area contributed by atoms with Crippen LogP contribution in [0.4, 0.5) is 5.69 Å². The lowest BCUT2D eigenvalue weighted by atomic mass is 10.0. The van der Waals surface area contributed by atoms with Crippen molar-refractivity contribution < 1.29 is 23.9 Å². The molecule has 3 rings (SSSR count). The second-order valence-corrected chi connectivity index (χ2v) is 8.24. The molecule has 0 aliphatic carbocycles. The second kappa shape index (κ2) is 12.4. The molecule has 1 saturated heterocycles. The lowest BCUT2D eigenvalue weighted by Gasteiger charge is -2.29. The highest BCUT2D eigenvalue weighted by atomic mass is 16.5. The maximum Gasteiger partial charge on any atom is 0.255 e. The molecule has 1 aromatic rings. The van der Waals surface area contributed by atoms with Crippen molar-refractivity contribution in [2.24, 2.45) is 5.73 Å². The number of nitrogens with zero attached hydrogens (tertiary/aromatic N) is 1. The number of carbonyl (C=O) groups is 4. The first-order valence-electron chi connectivity index (χ1n) is 11.6. The summed E-state index contributed by atoms with van der Waals surface area (Å²) in [6.07, 6.45) is 3.62. The minimum atomic E-state index is -0.681. The molecule has 1 aromatic carbocycles. The summed E-state index contributed by atoms with van der Waals surface area (Å²) in [5.41, 5.74) is 7.18. The van der Waals surface area contributed by atoms with E-state index < -0.39 is 11.9 Å². The van der Waals surface area contributed by atoms with E-state index in [4.69, 9.17) is 10.5 Å². The van der Waals surface area contributed by atoms with E-state index in [2.05, 4.69) is 16.0 Å². The average Bonchev–Trinajstić information content (AvgIpc) is 3.12. The fourth-order valence-electron chi connectivity index (χ4n) is 3.99. The molecule has 2 aliphatic heterocycles. The van der Waals surface area contributed by atoms with Crippen molar-refractivity contribution in [3.8, 4) is 0 Å². The molecule has 1 fully saturated rings. The number of ether oxygens (including phenoxy) is 1. The van der Waals surface area contributed by atoms with Crippen molar-refractivity contribution in [2.45, 2.75) is 51.1 Å².